The van der Waals surface area contributed by atoms with E-state index in [0.717, 1.165) is 6.42 Å². The van der Waals surface area contributed by atoms with Crippen LogP contribution in [0.3, 0.4) is 0 Å². The number of fused-ring (bicyclic) bond motifs is 8. The molecule has 0 saturated heterocycles. The maximum atomic E-state index is 2.39. The zero-order valence-corrected chi connectivity index (χ0v) is 37.3. The minimum atomic E-state index is 0. The van der Waals surface area contributed by atoms with E-state index in [9.17, 15) is 0 Å². The van der Waals surface area contributed by atoms with Crippen LogP contribution in [0.15, 0.2) is 170 Å². The maximum Gasteiger partial charge on any atom is -0.00995 e. The van der Waals surface area contributed by atoms with E-state index in [1.165, 1.54) is 104 Å². The summed E-state index contributed by atoms with van der Waals surface area (Å²) in [5, 5.41) is 15.9. The van der Waals surface area contributed by atoms with Crippen LogP contribution in [0, 0.1) is 6.92 Å². The molecule has 0 aromatic heterocycles. The molecular weight excluding hydrogens is 815 g/mol. The first kappa shape index (κ1) is 41.3. The Bertz CT molecular complexity index is 2960. The van der Waals surface area contributed by atoms with E-state index in [4.69, 9.17) is 0 Å². The van der Waals surface area contributed by atoms with Gasteiger partial charge in [-0.2, -0.15) is 12.1 Å². The Morgan fingerprint density at radius 3 is 1.34 bits per heavy atom. The van der Waals surface area contributed by atoms with Crippen molar-refractivity contribution in [2.75, 3.05) is 0 Å². The van der Waals surface area contributed by atoms with E-state index in [0.29, 0.717) is 0 Å². The smallest absolute Gasteiger partial charge is 0.00995 e. The molecule has 0 N–H and O–H groups in total. The number of rotatable bonds is 4. The first-order valence-electron chi connectivity index (χ1n) is 19.1. The molecule has 0 aliphatic carbocycles. The molecule has 0 fully saturated rings. The van der Waals surface area contributed by atoms with Gasteiger partial charge in [0.15, 0.2) is 0 Å². The van der Waals surface area contributed by atoms with Gasteiger partial charge in [-0.25, -0.2) is 0 Å². The van der Waals surface area contributed by atoms with E-state index >= 15 is 0 Å². The van der Waals surface area contributed by atoms with Crippen molar-refractivity contribution >= 4 is 70.1 Å². The van der Waals surface area contributed by atoms with Crippen molar-refractivity contribution in [1.82, 2.24) is 0 Å². The first-order valence-corrected chi connectivity index (χ1v) is 25.3. The SMILES string of the molecule is CCCc1cc2c(-c3cc4ccccc4c4ccccc34)cccc2[cH-]1.C[Si](C)=[Zr+2].Cc1cc2c(-c3cc4ccccc4c4ccccc34)cccc2[cH-]1.[Cl-].[Cl-]. The normalized spacial score (nSPS) is 10.8. The third-order valence-electron chi connectivity index (χ3n) is 10.4. The minimum Gasteiger partial charge on any atom is -1.00 e. The van der Waals surface area contributed by atoms with Crippen molar-refractivity contribution < 1.29 is 48.1 Å². The molecule has 10 aromatic carbocycles. The summed E-state index contributed by atoms with van der Waals surface area (Å²) < 4.78 is 0. The topological polar surface area (TPSA) is 0 Å². The standard InChI is InChI=1S/C26H21.C24H17.C2H6Si.2ClH.Zr/c1-2-8-18-15-19-10-7-14-24(25(19)16-18)26-17-20-9-3-4-11-21(20)22-12-5-6-13-23(22)26;1-16-13-17-8-6-12-22(23(17)14-16)24-15-18-7-2-3-9-19(18)20-10-4-5-11-21(20)24;1-3-2;;;/h3-7,9-17H,2,8H2,1H3;2-15H,1H3;1-2H3;2*1H;/q2*-1;;;;+2/p-2. The fourth-order valence-corrected chi connectivity index (χ4v) is 8.14. The molecule has 0 radical (unpaired) electrons. The van der Waals surface area contributed by atoms with Crippen LogP contribution in [0.5, 0.6) is 0 Å². The minimum absolute atomic E-state index is 0. The molecule has 0 atom stereocenters. The van der Waals surface area contributed by atoms with Crippen molar-refractivity contribution in [1.29, 1.82) is 0 Å². The average molecular weight is 859 g/mol. The second kappa shape index (κ2) is 18.3. The second-order valence-corrected chi connectivity index (χ2v) is 24.0. The van der Waals surface area contributed by atoms with Crippen LogP contribution in [0.4, 0.5) is 0 Å². The van der Waals surface area contributed by atoms with Crippen LogP contribution in [-0.4, -0.2) is 5.43 Å². The van der Waals surface area contributed by atoms with Gasteiger partial charge in [0, 0.05) is 0 Å². The van der Waals surface area contributed by atoms with Crippen LogP contribution in [0.25, 0.3) is 86.9 Å². The predicted molar refractivity (Wildman–Crippen MR) is 236 cm³/mol. The summed E-state index contributed by atoms with van der Waals surface area (Å²) in [6.45, 7) is 9.03. The van der Waals surface area contributed by atoms with Crippen LogP contribution in [-0.2, 0) is 29.8 Å². The Hall–Kier alpha value is -4.30. The molecule has 0 saturated carbocycles. The van der Waals surface area contributed by atoms with E-state index < -0.39 is 0 Å². The molecule has 0 nitrogen and oxygen atoms in total. The van der Waals surface area contributed by atoms with E-state index in [1.54, 1.807) is 23.3 Å². The summed E-state index contributed by atoms with van der Waals surface area (Å²) in [7, 11) is 0. The van der Waals surface area contributed by atoms with Gasteiger partial charge in [-0.1, -0.05) is 141 Å². The number of hydrogen-bond acceptors (Lipinski definition) is 0. The molecular formula is C52H44Cl2SiZr-2. The molecule has 276 valence electrons. The predicted octanol–water partition coefficient (Wildman–Crippen LogP) is 9.12. The summed E-state index contributed by atoms with van der Waals surface area (Å²) in [6.07, 6.45) is 2.33. The van der Waals surface area contributed by atoms with Gasteiger partial charge in [-0.15, -0.1) is 69.1 Å². The number of aryl methyl sites for hydroxylation is 2. The number of benzene rings is 8. The third-order valence-corrected chi connectivity index (χ3v) is 10.4. The monoisotopic (exact) mass is 856 g/mol. The van der Waals surface area contributed by atoms with Crippen molar-refractivity contribution in [3.8, 4) is 22.3 Å². The van der Waals surface area contributed by atoms with Crippen LogP contribution in [0.1, 0.15) is 24.5 Å². The third kappa shape index (κ3) is 8.37. The summed E-state index contributed by atoms with van der Waals surface area (Å²) in [4.78, 5) is 0. The molecule has 0 heterocycles. The van der Waals surface area contributed by atoms with Crippen molar-refractivity contribution in [2.24, 2.45) is 0 Å². The molecule has 0 aliphatic heterocycles. The molecule has 0 aliphatic rings. The molecule has 0 amide bonds. The Morgan fingerprint density at radius 1 is 0.446 bits per heavy atom. The summed E-state index contributed by atoms with van der Waals surface area (Å²) in [5.41, 5.74) is 8.29. The molecule has 10 aromatic rings. The molecule has 0 spiro atoms. The summed E-state index contributed by atoms with van der Waals surface area (Å²) >= 11 is 1.74. The van der Waals surface area contributed by atoms with Crippen molar-refractivity contribution in [3.05, 3.63) is 181 Å². The van der Waals surface area contributed by atoms with E-state index in [1.807, 2.05) is 0 Å². The van der Waals surface area contributed by atoms with Crippen LogP contribution in [0.2, 0.25) is 13.1 Å². The largest absolute Gasteiger partial charge is 1.00 e. The van der Waals surface area contributed by atoms with Gasteiger partial charge in [0.2, 0.25) is 0 Å². The number of halogens is 2. The average Bonchev–Trinajstić information content (AvgIpc) is 3.80. The number of hydrogen-bond donors (Lipinski definition) is 0. The Morgan fingerprint density at radius 2 is 0.857 bits per heavy atom. The van der Waals surface area contributed by atoms with Gasteiger partial charge in [-0.3, -0.25) is 0 Å². The second-order valence-electron chi connectivity index (χ2n) is 14.6. The molecule has 4 heteroatoms. The Balaban J connectivity index is 0.000000168. The quantitative estimate of drug-likeness (QED) is 0.0942. The molecule has 0 unspecified atom stereocenters. The zero-order valence-electron chi connectivity index (χ0n) is 32.3. The molecule has 10 rings (SSSR count). The summed E-state index contributed by atoms with van der Waals surface area (Å²) in [6, 6.07) is 62.2. The fraction of sp³-hybridized carbons (Fsp3) is 0.115. The van der Waals surface area contributed by atoms with Crippen LogP contribution < -0.4 is 24.8 Å². The van der Waals surface area contributed by atoms with Gasteiger partial charge >= 0.3 is 41.9 Å². The van der Waals surface area contributed by atoms with E-state index in [2.05, 4.69) is 197 Å². The molecule has 56 heavy (non-hydrogen) atoms. The van der Waals surface area contributed by atoms with Gasteiger partial charge in [0.25, 0.3) is 0 Å². The van der Waals surface area contributed by atoms with Crippen molar-refractivity contribution in [2.45, 2.75) is 39.8 Å². The Labute approximate surface area is 358 Å². The Kier molecular flexibility index (Phi) is 13.5. The van der Waals surface area contributed by atoms with Gasteiger partial charge < -0.3 is 24.8 Å². The zero-order chi connectivity index (χ0) is 37.2. The van der Waals surface area contributed by atoms with Gasteiger partial charge in [-0.05, 0) is 72.8 Å². The maximum absolute atomic E-state index is 2.39. The van der Waals surface area contributed by atoms with Crippen molar-refractivity contribution in [3.63, 3.8) is 0 Å². The van der Waals surface area contributed by atoms with E-state index in [-0.39, 0.29) is 30.2 Å². The molecule has 0 bridgehead atoms. The van der Waals surface area contributed by atoms with Crippen LogP contribution >= 0.6 is 0 Å². The van der Waals surface area contributed by atoms with Gasteiger partial charge in [0.05, 0.1) is 0 Å². The van der Waals surface area contributed by atoms with Gasteiger partial charge in [0.1, 0.15) is 0 Å². The fourth-order valence-electron chi connectivity index (χ4n) is 8.14. The summed E-state index contributed by atoms with van der Waals surface area (Å²) in [5.74, 6) is 0. The first-order chi connectivity index (χ1) is 26.4.